The van der Waals surface area contributed by atoms with Crippen LogP contribution in [-0.4, -0.2) is 6.54 Å². The molecule has 2 rings (SSSR count). The van der Waals surface area contributed by atoms with Gasteiger partial charge in [-0.25, -0.2) is 0 Å². The monoisotopic (exact) mass is 213 g/mol. The van der Waals surface area contributed by atoms with Gasteiger partial charge in [-0.15, -0.1) is 0 Å². The highest BCUT2D eigenvalue weighted by atomic mass is 35.5. The van der Waals surface area contributed by atoms with Gasteiger partial charge in [-0.3, -0.25) is 0 Å². The Morgan fingerprint density at radius 3 is 2.86 bits per heavy atom. The third-order valence-electron chi connectivity index (χ3n) is 3.14. The number of furan rings is 1. The van der Waals surface area contributed by atoms with Gasteiger partial charge in [0.1, 0.15) is 5.76 Å². The van der Waals surface area contributed by atoms with E-state index in [0.717, 1.165) is 25.1 Å². The average molecular weight is 214 g/mol. The zero-order valence-corrected chi connectivity index (χ0v) is 9.23. The molecule has 1 aliphatic heterocycles. The summed E-state index contributed by atoms with van der Waals surface area (Å²) < 4.78 is 5.52. The number of hydrogen-bond acceptors (Lipinski definition) is 2. The summed E-state index contributed by atoms with van der Waals surface area (Å²) in [5.41, 5.74) is 0.0331. The van der Waals surface area contributed by atoms with Crippen LogP contribution in [0.3, 0.4) is 0 Å². The summed E-state index contributed by atoms with van der Waals surface area (Å²) in [6, 6.07) is 3.81. The number of rotatable bonds is 2. The van der Waals surface area contributed by atoms with Crippen LogP contribution >= 0.6 is 11.6 Å². The maximum atomic E-state index is 5.80. The van der Waals surface area contributed by atoms with Gasteiger partial charge in [0, 0.05) is 0 Å². The zero-order chi connectivity index (χ0) is 10.0. The van der Waals surface area contributed by atoms with Crippen molar-refractivity contribution in [2.45, 2.75) is 38.1 Å². The smallest absolute Gasteiger partial charge is 0.193 e. The second kappa shape index (κ2) is 3.95. The van der Waals surface area contributed by atoms with Crippen molar-refractivity contribution in [3.8, 4) is 0 Å². The summed E-state index contributed by atoms with van der Waals surface area (Å²) in [5, 5.41) is 4.05. The average Bonchev–Trinajstić information content (AvgIpc) is 2.66. The van der Waals surface area contributed by atoms with E-state index in [4.69, 9.17) is 16.0 Å². The normalized spacial score (nSPS) is 27.9. The molecule has 1 saturated heterocycles. The van der Waals surface area contributed by atoms with Crippen LogP contribution in [0.25, 0.3) is 0 Å². The van der Waals surface area contributed by atoms with Gasteiger partial charge in [-0.05, 0) is 56.0 Å². The van der Waals surface area contributed by atoms with Crippen LogP contribution in [0.4, 0.5) is 0 Å². The molecular formula is C11H16ClNO. The molecule has 2 heterocycles. The molecule has 0 bridgehead atoms. The largest absolute Gasteiger partial charge is 0.448 e. The van der Waals surface area contributed by atoms with Crippen LogP contribution in [0.2, 0.25) is 5.22 Å². The first-order valence-corrected chi connectivity index (χ1v) is 5.65. The van der Waals surface area contributed by atoms with E-state index in [0.29, 0.717) is 5.22 Å². The number of nitrogens with one attached hydrogen (secondary N) is 1. The minimum absolute atomic E-state index is 0.0331. The third kappa shape index (κ3) is 1.69. The Hall–Kier alpha value is -0.470. The Kier molecular flexibility index (Phi) is 2.84. The quantitative estimate of drug-likeness (QED) is 0.816. The molecule has 1 aromatic heterocycles. The molecule has 0 aromatic carbocycles. The summed E-state index contributed by atoms with van der Waals surface area (Å²) >= 11 is 5.80. The Morgan fingerprint density at radius 1 is 1.50 bits per heavy atom. The van der Waals surface area contributed by atoms with Gasteiger partial charge in [0.05, 0.1) is 5.54 Å². The third-order valence-corrected chi connectivity index (χ3v) is 3.35. The molecule has 14 heavy (non-hydrogen) atoms. The summed E-state index contributed by atoms with van der Waals surface area (Å²) in [5.74, 6) is 0.990. The lowest BCUT2D eigenvalue weighted by Gasteiger charge is -2.35. The van der Waals surface area contributed by atoms with E-state index in [1.807, 2.05) is 12.1 Å². The number of hydrogen-bond donors (Lipinski definition) is 1. The van der Waals surface area contributed by atoms with E-state index >= 15 is 0 Å². The molecule has 0 amide bonds. The Bertz CT molecular complexity index is 302. The van der Waals surface area contributed by atoms with Crippen molar-refractivity contribution >= 4 is 11.6 Å². The fourth-order valence-corrected chi connectivity index (χ4v) is 2.37. The molecule has 1 aliphatic rings. The fourth-order valence-electron chi connectivity index (χ4n) is 2.23. The van der Waals surface area contributed by atoms with E-state index in [2.05, 4.69) is 12.2 Å². The van der Waals surface area contributed by atoms with Gasteiger partial charge in [-0.1, -0.05) is 6.92 Å². The lowest BCUT2D eigenvalue weighted by Crippen LogP contribution is -2.45. The molecule has 0 aliphatic carbocycles. The zero-order valence-electron chi connectivity index (χ0n) is 8.48. The summed E-state index contributed by atoms with van der Waals surface area (Å²) in [4.78, 5) is 0. The van der Waals surface area contributed by atoms with E-state index < -0.39 is 0 Å². The van der Waals surface area contributed by atoms with Crippen LogP contribution in [0.15, 0.2) is 16.5 Å². The standard InChI is InChI=1S/C11H16ClNO/c1-2-11(7-3-4-8-13-11)9-5-6-10(12)14-9/h5-6,13H,2-4,7-8H2,1H3. The highest BCUT2D eigenvalue weighted by Crippen LogP contribution is 2.35. The van der Waals surface area contributed by atoms with E-state index in [1.165, 1.54) is 12.8 Å². The van der Waals surface area contributed by atoms with Crippen LogP contribution in [0, 0.1) is 0 Å². The van der Waals surface area contributed by atoms with Crippen LogP contribution in [0.5, 0.6) is 0 Å². The fraction of sp³-hybridized carbons (Fsp3) is 0.636. The SMILES string of the molecule is CCC1(c2ccc(Cl)o2)CCCCN1. The van der Waals surface area contributed by atoms with E-state index in [1.54, 1.807) is 0 Å². The van der Waals surface area contributed by atoms with Crippen LogP contribution < -0.4 is 5.32 Å². The molecular weight excluding hydrogens is 198 g/mol. The van der Waals surface area contributed by atoms with Crippen molar-refractivity contribution in [3.05, 3.63) is 23.1 Å². The van der Waals surface area contributed by atoms with Gasteiger partial charge in [0.2, 0.25) is 0 Å². The molecule has 78 valence electrons. The summed E-state index contributed by atoms with van der Waals surface area (Å²) in [6.45, 7) is 3.26. The summed E-state index contributed by atoms with van der Waals surface area (Å²) in [6.07, 6.45) is 4.72. The predicted octanol–water partition coefficient (Wildman–Crippen LogP) is 3.31. The van der Waals surface area contributed by atoms with Crippen molar-refractivity contribution < 1.29 is 4.42 Å². The van der Waals surface area contributed by atoms with Crippen molar-refractivity contribution in [2.75, 3.05) is 6.54 Å². The van der Waals surface area contributed by atoms with Gasteiger partial charge >= 0.3 is 0 Å². The molecule has 1 N–H and O–H groups in total. The minimum atomic E-state index is 0.0331. The molecule has 1 fully saturated rings. The molecule has 0 saturated carbocycles. The molecule has 3 heteroatoms. The predicted molar refractivity (Wildman–Crippen MR) is 57.5 cm³/mol. The maximum Gasteiger partial charge on any atom is 0.193 e. The second-order valence-corrected chi connectivity index (χ2v) is 4.30. The van der Waals surface area contributed by atoms with Crippen molar-refractivity contribution in [2.24, 2.45) is 0 Å². The van der Waals surface area contributed by atoms with Gasteiger partial charge in [0.15, 0.2) is 5.22 Å². The minimum Gasteiger partial charge on any atom is -0.448 e. The van der Waals surface area contributed by atoms with Crippen molar-refractivity contribution in [1.82, 2.24) is 5.32 Å². The molecule has 0 spiro atoms. The second-order valence-electron chi connectivity index (χ2n) is 3.92. The molecule has 1 aromatic rings. The Morgan fingerprint density at radius 2 is 2.36 bits per heavy atom. The summed E-state index contributed by atoms with van der Waals surface area (Å²) in [7, 11) is 0. The van der Waals surface area contributed by atoms with E-state index in [9.17, 15) is 0 Å². The van der Waals surface area contributed by atoms with Crippen LogP contribution in [0.1, 0.15) is 38.4 Å². The molecule has 1 atom stereocenters. The highest BCUT2D eigenvalue weighted by molar-refractivity contribution is 6.28. The molecule has 0 radical (unpaired) electrons. The van der Waals surface area contributed by atoms with Gasteiger partial charge in [0.25, 0.3) is 0 Å². The first-order valence-electron chi connectivity index (χ1n) is 5.28. The first-order chi connectivity index (χ1) is 6.77. The van der Waals surface area contributed by atoms with Crippen LogP contribution in [-0.2, 0) is 5.54 Å². The van der Waals surface area contributed by atoms with Crippen molar-refractivity contribution in [3.63, 3.8) is 0 Å². The maximum absolute atomic E-state index is 5.80. The Balaban J connectivity index is 2.26. The molecule has 1 unspecified atom stereocenters. The van der Waals surface area contributed by atoms with Gasteiger partial charge < -0.3 is 9.73 Å². The number of piperidine rings is 1. The Labute approximate surface area is 89.6 Å². The lowest BCUT2D eigenvalue weighted by molar-refractivity contribution is 0.206. The first kappa shape index (κ1) is 10.1. The highest BCUT2D eigenvalue weighted by Gasteiger charge is 2.34. The topological polar surface area (TPSA) is 25.2 Å². The van der Waals surface area contributed by atoms with E-state index in [-0.39, 0.29) is 5.54 Å². The van der Waals surface area contributed by atoms with Crippen molar-refractivity contribution in [1.29, 1.82) is 0 Å². The molecule has 2 nitrogen and oxygen atoms in total. The van der Waals surface area contributed by atoms with Gasteiger partial charge in [-0.2, -0.15) is 0 Å². The number of halogens is 1. The lowest BCUT2D eigenvalue weighted by atomic mass is 9.84.